The summed E-state index contributed by atoms with van der Waals surface area (Å²) in [6, 6.07) is 16.2. The maximum Gasteiger partial charge on any atom is 0.258 e. The minimum Gasteiger partial charge on any atom is -0.488 e. The van der Waals surface area contributed by atoms with Gasteiger partial charge in [-0.15, -0.1) is 0 Å². The van der Waals surface area contributed by atoms with Gasteiger partial charge < -0.3 is 25.4 Å². The van der Waals surface area contributed by atoms with Crippen molar-refractivity contribution >= 4 is 11.9 Å². The largest absolute Gasteiger partial charge is 0.488 e. The van der Waals surface area contributed by atoms with Gasteiger partial charge in [0.25, 0.3) is 5.91 Å². The van der Waals surface area contributed by atoms with Crippen LogP contribution in [0.4, 0.5) is 0 Å². The van der Waals surface area contributed by atoms with Crippen molar-refractivity contribution < 1.29 is 14.3 Å². The molecule has 0 bridgehead atoms. The Bertz CT molecular complexity index is 886. The third-order valence-electron chi connectivity index (χ3n) is 5.11. The third kappa shape index (κ3) is 5.65. The maximum absolute atomic E-state index is 11.8. The highest BCUT2D eigenvalue weighted by atomic mass is 16.5. The van der Waals surface area contributed by atoms with Crippen molar-refractivity contribution in [2.75, 3.05) is 20.2 Å². The summed E-state index contributed by atoms with van der Waals surface area (Å²) in [6.07, 6.45) is 3.14. The molecular weight excluding hydrogens is 380 g/mol. The van der Waals surface area contributed by atoms with E-state index >= 15 is 0 Å². The maximum atomic E-state index is 11.8. The third-order valence-corrected chi connectivity index (χ3v) is 5.11. The molecule has 7 heteroatoms. The first-order valence-electron chi connectivity index (χ1n) is 10.4. The number of ether oxygens (including phenoxy) is 2. The predicted octanol–water partition coefficient (Wildman–Crippen LogP) is 2.01. The van der Waals surface area contributed by atoms with Crippen molar-refractivity contribution in [1.29, 1.82) is 0 Å². The van der Waals surface area contributed by atoms with Crippen LogP contribution >= 0.6 is 0 Å². The van der Waals surface area contributed by atoms with Crippen molar-refractivity contribution in [1.82, 2.24) is 16.0 Å². The number of para-hydroxylation sites is 1. The number of rotatable bonds is 8. The second kappa shape index (κ2) is 9.52. The summed E-state index contributed by atoms with van der Waals surface area (Å²) in [6.45, 7) is 1.31. The summed E-state index contributed by atoms with van der Waals surface area (Å²) in [5, 5.41) is 9.55. The van der Waals surface area contributed by atoms with Crippen molar-refractivity contribution in [2.45, 2.75) is 38.0 Å². The van der Waals surface area contributed by atoms with Gasteiger partial charge in [0.2, 0.25) is 0 Å². The smallest absolute Gasteiger partial charge is 0.258 e. The minimum atomic E-state index is -0.0677. The molecule has 0 radical (unpaired) electrons. The normalized spacial score (nSPS) is 17.6. The molecule has 1 heterocycles. The molecule has 30 heavy (non-hydrogen) atoms. The number of guanidine groups is 1. The zero-order valence-corrected chi connectivity index (χ0v) is 17.2. The van der Waals surface area contributed by atoms with Crippen LogP contribution in [0.2, 0.25) is 0 Å². The lowest BCUT2D eigenvalue weighted by Gasteiger charge is -2.16. The lowest BCUT2D eigenvalue weighted by molar-refractivity contribution is -0.123. The van der Waals surface area contributed by atoms with Gasteiger partial charge >= 0.3 is 0 Å². The monoisotopic (exact) mass is 408 g/mol. The fourth-order valence-electron chi connectivity index (χ4n) is 3.38. The molecule has 2 aromatic carbocycles. The van der Waals surface area contributed by atoms with Crippen LogP contribution in [0.15, 0.2) is 53.5 Å². The molecule has 2 aromatic rings. The van der Waals surface area contributed by atoms with Crippen LogP contribution in [0.1, 0.15) is 24.0 Å². The van der Waals surface area contributed by atoms with Crippen molar-refractivity contribution in [3.8, 4) is 11.5 Å². The van der Waals surface area contributed by atoms with Crippen LogP contribution in [0.25, 0.3) is 0 Å². The minimum absolute atomic E-state index is 0.0420. The molecule has 158 valence electrons. The molecule has 2 aliphatic rings. The first kappa shape index (κ1) is 20.1. The number of nitrogens with zero attached hydrogens (tertiary/aromatic N) is 1. The molecule has 1 fully saturated rings. The molecule has 0 spiro atoms. The van der Waals surface area contributed by atoms with Crippen LogP contribution in [0.3, 0.4) is 0 Å². The average molecular weight is 409 g/mol. The lowest BCUT2D eigenvalue weighted by atomic mass is 10.1. The average Bonchev–Trinajstić information content (AvgIpc) is 3.48. The van der Waals surface area contributed by atoms with E-state index in [1.165, 1.54) is 5.56 Å². The summed E-state index contributed by atoms with van der Waals surface area (Å²) in [7, 11) is 1.75. The molecule has 0 aromatic heterocycles. The molecule has 1 saturated carbocycles. The highest BCUT2D eigenvalue weighted by Crippen LogP contribution is 2.27. The van der Waals surface area contributed by atoms with Crippen LogP contribution < -0.4 is 25.4 Å². The molecule has 0 saturated heterocycles. The molecule has 1 unspecified atom stereocenters. The molecule has 1 amide bonds. The molecule has 4 rings (SSSR count). The van der Waals surface area contributed by atoms with E-state index in [0.29, 0.717) is 30.8 Å². The summed E-state index contributed by atoms with van der Waals surface area (Å²) >= 11 is 0. The number of carbonyl (C=O) groups excluding carboxylic acids is 1. The molecule has 1 aliphatic heterocycles. The first-order valence-corrected chi connectivity index (χ1v) is 10.4. The van der Waals surface area contributed by atoms with E-state index in [1.54, 1.807) is 7.05 Å². The Balaban J connectivity index is 1.20. The SMILES string of the molecule is CN=C(NCc1cccc(OCC(=O)NC2CC2)c1)NCC1Cc2ccccc2O1. The number of amides is 1. The fraction of sp³-hybridized carbons (Fsp3) is 0.391. The summed E-state index contributed by atoms with van der Waals surface area (Å²) in [4.78, 5) is 16.1. The van der Waals surface area contributed by atoms with Gasteiger partial charge in [0.05, 0.1) is 6.54 Å². The van der Waals surface area contributed by atoms with Gasteiger partial charge in [0, 0.05) is 26.1 Å². The zero-order chi connectivity index (χ0) is 20.8. The number of aliphatic imine (C=N–C) groups is 1. The lowest BCUT2D eigenvalue weighted by Crippen LogP contribution is -2.41. The van der Waals surface area contributed by atoms with Crippen LogP contribution in [0, 0.1) is 0 Å². The van der Waals surface area contributed by atoms with E-state index < -0.39 is 0 Å². The standard InChI is InChI=1S/C23H28N4O3/c1-24-23(26-14-20-12-17-6-2-3-8-21(17)30-20)25-13-16-5-4-7-19(11-16)29-15-22(28)27-18-9-10-18/h2-8,11,18,20H,9-10,12-15H2,1H3,(H,27,28)(H2,24,25,26). The Hall–Kier alpha value is -3.22. The Morgan fingerprint density at radius 2 is 2.03 bits per heavy atom. The van der Waals surface area contributed by atoms with Gasteiger partial charge in [0.1, 0.15) is 17.6 Å². The van der Waals surface area contributed by atoms with E-state index in [0.717, 1.165) is 30.6 Å². The number of nitrogens with one attached hydrogen (secondary N) is 3. The van der Waals surface area contributed by atoms with Crippen molar-refractivity contribution in [3.63, 3.8) is 0 Å². The van der Waals surface area contributed by atoms with Gasteiger partial charge in [0.15, 0.2) is 12.6 Å². The van der Waals surface area contributed by atoms with Crippen LogP contribution in [-0.4, -0.2) is 44.2 Å². The van der Waals surface area contributed by atoms with E-state index in [2.05, 4.69) is 27.0 Å². The molecule has 7 nitrogen and oxygen atoms in total. The van der Waals surface area contributed by atoms with Gasteiger partial charge in [-0.05, 0) is 42.2 Å². The number of hydrogen-bond donors (Lipinski definition) is 3. The van der Waals surface area contributed by atoms with Gasteiger partial charge in [-0.25, -0.2) is 0 Å². The first-order chi connectivity index (χ1) is 14.7. The van der Waals surface area contributed by atoms with Gasteiger partial charge in [-0.2, -0.15) is 0 Å². The van der Waals surface area contributed by atoms with Crippen molar-refractivity contribution in [3.05, 3.63) is 59.7 Å². The topological polar surface area (TPSA) is 84.0 Å². The fourth-order valence-corrected chi connectivity index (χ4v) is 3.38. The predicted molar refractivity (Wildman–Crippen MR) is 116 cm³/mol. The number of fused-ring (bicyclic) bond motifs is 1. The van der Waals surface area contributed by atoms with E-state index in [4.69, 9.17) is 9.47 Å². The van der Waals surface area contributed by atoms with Crippen molar-refractivity contribution in [2.24, 2.45) is 4.99 Å². The number of carbonyl (C=O) groups is 1. The Labute approximate surface area is 176 Å². The van der Waals surface area contributed by atoms with E-state index in [9.17, 15) is 4.79 Å². The highest BCUT2D eigenvalue weighted by molar-refractivity contribution is 5.79. The van der Waals surface area contributed by atoms with Gasteiger partial charge in [-0.1, -0.05) is 30.3 Å². The number of benzene rings is 2. The van der Waals surface area contributed by atoms with E-state index in [-0.39, 0.29) is 18.6 Å². The van der Waals surface area contributed by atoms with Gasteiger partial charge in [-0.3, -0.25) is 9.79 Å². The quantitative estimate of drug-likeness (QED) is 0.460. The molecule has 3 N–H and O–H groups in total. The summed E-state index contributed by atoms with van der Waals surface area (Å²) in [5.41, 5.74) is 2.29. The zero-order valence-electron chi connectivity index (χ0n) is 17.2. The summed E-state index contributed by atoms with van der Waals surface area (Å²) in [5.74, 6) is 2.29. The van der Waals surface area contributed by atoms with Crippen LogP contribution in [-0.2, 0) is 17.8 Å². The molecular formula is C23H28N4O3. The molecule has 1 aliphatic carbocycles. The van der Waals surface area contributed by atoms with Crippen LogP contribution in [0.5, 0.6) is 11.5 Å². The second-order valence-electron chi connectivity index (χ2n) is 7.64. The highest BCUT2D eigenvalue weighted by Gasteiger charge is 2.23. The Kier molecular flexibility index (Phi) is 6.37. The molecule has 1 atom stereocenters. The Morgan fingerprint density at radius 3 is 2.83 bits per heavy atom. The number of hydrogen-bond acceptors (Lipinski definition) is 4. The second-order valence-corrected chi connectivity index (χ2v) is 7.64. The summed E-state index contributed by atoms with van der Waals surface area (Å²) < 4.78 is 11.6. The van der Waals surface area contributed by atoms with E-state index in [1.807, 2.05) is 42.5 Å². The Morgan fingerprint density at radius 1 is 1.17 bits per heavy atom.